The van der Waals surface area contributed by atoms with E-state index in [1.165, 1.54) is 6.42 Å². The van der Waals surface area contributed by atoms with E-state index in [-0.39, 0.29) is 5.91 Å². The summed E-state index contributed by atoms with van der Waals surface area (Å²) in [7, 11) is 0. The van der Waals surface area contributed by atoms with Crippen LogP contribution in [0.4, 0.5) is 0 Å². The van der Waals surface area contributed by atoms with Gasteiger partial charge in [0.25, 0.3) is 5.91 Å². The van der Waals surface area contributed by atoms with Crippen LogP contribution in [0.5, 0.6) is 0 Å². The Hall–Kier alpha value is -3.40. The Morgan fingerprint density at radius 3 is 2.15 bits per heavy atom. The number of carboxylic acids is 1. The Morgan fingerprint density at radius 2 is 1.54 bits per heavy atom. The normalized spacial score (nSPS) is 14.1. The second-order valence-electron chi connectivity index (χ2n) is 9.48. The number of carboxylic acid groups (broad SMARTS) is 1. The summed E-state index contributed by atoms with van der Waals surface area (Å²) in [5, 5.41) is 25.6. The molecule has 0 radical (unpaired) electrons. The summed E-state index contributed by atoms with van der Waals surface area (Å²) in [6, 6.07) is 20.9. The SMILES string of the molecule is Cc1c(C(=O)NN2CCCCC2)nn(-c2ccc(Cl)cc2Cl)c1-c1ccc(Cl)cc1.O=C(O)C(O)c1ccccc1. The number of nitrogens with zero attached hydrogens (tertiary/aromatic N) is 3. The molecule has 11 heteroatoms. The van der Waals surface area contributed by atoms with Gasteiger partial charge in [-0.15, -0.1) is 0 Å². The zero-order valence-corrected chi connectivity index (χ0v) is 24.5. The van der Waals surface area contributed by atoms with Crippen LogP contribution in [-0.4, -0.2) is 50.0 Å². The van der Waals surface area contributed by atoms with Gasteiger partial charge >= 0.3 is 5.97 Å². The molecule has 1 fully saturated rings. The molecule has 1 aliphatic rings. The molecule has 0 saturated carbocycles. The van der Waals surface area contributed by atoms with Crippen LogP contribution in [0.15, 0.2) is 72.8 Å². The van der Waals surface area contributed by atoms with Crippen LogP contribution >= 0.6 is 34.8 Å². The first-order valence-electron chi connectivity index (χ1n) is 13.0. The second-order valence-corrected chi connectivity index (χ2v) is 10.8. The number of halogens is 3. The van der Waals surface area contributed by atoms with E-state index in [9.17, 15) is 9.59 Å². The summed E-state index contributed by atoms with van der Waals surface area (Å²) in [6.07, 6.45) is 1.93. The molecule has 0 aliphatic carbocycles. The maximum Gasteiger partial charge on any atom is 0.337 e. The number of piperidine rings is 1. The van der Waals surface area contributed by atoms with Gasteiger partial charge in [0, 0.05) is 34.3 Å². The van der Waals surface area contributed by atoms with Crippen molar-refractivity contribution in [3.05, 3.63) is 105 Å². The molecule has 1 unspecified atom stereocenters. The van der Waals surface area contributed by atoms with Crippen molar-refractivity contribution in [1.29, 1.82) is 0 Å². The average Bonchev–Trinajstić information content (AvgIpc) is 3.31. The molecule has 1 saturated heterocycles. The second kappa shape index (κ2) is 14.0. The Labute approximate surface area is 253 Å². The van der Waals surface area contributed by atoms with Crippen molar-refractivity contribution >= 4 is 46.7 Å². The maximum atomic E-state index is 13.1. The Morgan fingerprint density at radius 1 is 0.902 bits per heavy atom. The quantitative estimate of drug-likeness (QED) is 0.222. The van der Waals surface area contributed by atoms with Crippen molar-refractivity contribution in [1.82, 2.24) is 20.2 Å². The van der Waals surface area contributed by atoms with Gasteiger partial charge in [-0.25, -0.2) is 14.5 Å². The molecule has 8 nitrogen and oxygen atoms in total. The fourth-order valence-corrected chi connectivity index (χ4v) is 5.08. The molecule has 0 spiro atoms. The Bertz CT molecular complexity index is 1500. The van der Waals surface area contributed by atoms with Gasteiger partial charge in [0.1, 0.15) is 0 Å². The van der Waals surface area contributed by atoms with E-state index in [0.29, 0.717) is 32.0 Å². The van der Waals surface area contributed by atoms with Gasteiger partial charge in [-0.1, -0.05) is 83.7 Å². The summed E-state index contributed by atoms with van der Waals surface area (Å²) in [5.74, 6) is -1.45. The number of carbonyl (C=O) groups is 2. The van der Waals surface area contributed by atoms with E-state index >= 15 is 0 Å². The van der Waals surface area contributed by atoms with Gasteiger partial charge in [0.05, 0.1) is 16.4 Å². The van der Waals surface area contributed by atoms with E-state index in [4.69, 9.17) is 45.0 Å². The van der Waals surface area contributed by atoms with Crippen molar-refractivity contribution in [2.24, 2.45) is 0 Å². The number of aliphatic carboxylic acids is 1. The number of aromatic nitrogens is 2. The zero-order chi connectivity index (χ0) is 29.5. The van der Waals surface area contributed by atoms with Crippen LogP contribution in [-0.2, 0) is 4.79 Å². The van der Waals surface area contributed by atoms with Gasteiger partial charge in [0.2, 0.25) is 0 Å². The number of nitrogens with one attached hydrogen (secondary N) is 1. The number of aliphatic hydroxyl groups excluding tert-OH is 1. The highest BCUT2D eigenvalue weighted by Gasteiger charge is 2.25. The molecule has 41 heavy (non-hydrogen) atoms. The largest absolute Gasteiger partial charge is 0.479 e. The zero-order valence-electron chi connectivity index (χ0n) is 22.2. The number of hydrogen-bond donors (Lipinski definition) is 3. The number of amides is 1. The lowest BCUT2D eigenvalue weighted by atomic mass is 10.1. The molecule has 3 aromatic carbocycles. The number of benzene rings is 3. The monoisotopic (exact) mass is 614 g/mol. The van der Waals surface area contributed by atoms with E-state index < -0.39 is 12.1 Å². The van der Waals surface area contributed by atoms with Gasteiger partial charge in [0.15, 0.2) is 11.8 Å². The van der Waals surface area contributed by atoms with Crippen molar-refractivity contribution < 1.29 is 19.8 Å². The summed E-state index contributed by atoms with van der Waals surface area (Å²) < 4.78 is 1.70. The Kier molecular flexibility index (Phi) is 10.4. The molecule has 214 valence electrons. The standard InChI is InChI=1S/C22H21Cl3N4O.C8H8O3/c1-14-20(22(30)27-28-11-3-2-4-12-28)26-29(19-10-9-17(24)13-18(19)25)21(14)15-5-7-16(23)8-6-15;9-7(8(10)11)6-4-2-1-3-5-6/h5-10,13H,2-4,11-12H2,1H3,(H,27,30);1-5,7,9H,(H,10,11). The number of hydrogen-bond acceptors (Lipinski definition) is 5. The average molecular weight is 616 g/mol. The molecular formula is C30H29Cl3N4O4. The molecule has 1 amide bonds. The molecule has 3 N–H and O–H groups in total. The minimum atomic E-state index is -1.41. The number of carbonyl (C=O) groups excluding carboxylic acids is 1. The minimum Gasteiger partial charge on any atom is -0.479 e. The van der Waals surface area contributed by atoms with Gasteiger partial charge in [-0.05, 0) is 55.7 Å². The molecule has 1 atom stereocenters. The summed E-state index contributed by atoms with van der Waals surface area (Å²) >= 11 is 18.6. The van der Waals surface area contributed by atoms with Crippen LogP contribution < -0.4 is 5.43 Å². The first kappa shape index (κ1) is 30.6. The lowest BCUT2D eigenvalue weighted by molar-refractivity contribution is -0.146. The first-order valence-corrected chi connectivity index (χ1v) is 14.1. The topological polar surface area (TPSA) is 108 Å². The van der Waals surface area contributed by atoms with Gasteiger partial charge in [-0.3, -0.25) is 10.2 Å². The number of rotatable bonds is 6. The van der Waals surface area contributed by atoms with Crippen molar-refractivity contribution in [2.45, 2.75) is 32.3 Å². The molecule has 4 aromatic rings. The predicted molar refractivity (Wildman–Crippen MR) is 161 cm³/mol. The lowest BCUT2D eigenvalue weighted by Crippen LogP contribution is -2.45. The molecule has 2 heterocycles. The summed E-state index contributed by atoms with van der Waals surface area (Å²) in [4.78, 5) is 23.3. The molecule has 0 bridgehead atoms. The molecule has 5 rings (SSSR count). The third-order valence-electron chi connectivity index (χ3n) is 6.56. The van der Waals surface area contributed by atoms with Crippen molar-refractivity contribution in [3.63, 3.8) is 0 Å². The van der Waals surface area contributed by atoms with Crippen molar-refractivity contribution in [2.75, 3.05) is 13.1 Å². The minimum absolute atomic E-state index is 0.228. The van der Waals surface area contributed by atoms with Crippen LogP contribution in [0.3, 0.4) is 0 Å². The van der Waals surface area contributed by atoms with Crippen LogP contribution in [0, 0.1) is 6.92 Å². The first-order chi connectivity index (χ1) is 19.7. The number of aliphatic hydroxyl groups is 1. The van der Waals surface area contributed by atoms with Crippen LogP contribution in [0.1, 0.15) is 47.0 Å². The van der Waals surface area contributed by atoms with E-state index in [1.807, 2.05) is 36.2 Å². The Balaban J connectivity index is 0.000000296. The third-order valence-corrected chi connectivity index (χ3v) is 7.35. The smallest absolute Gasteiger partial charge is 0.337 e. The lowest BCUT2D eigenvalue weighted by Gasteiger charge is -2.26. The van der Waals surface area contributed by atoms with Crippen LogP contribution in [0.25, 0.3) is 16.9 Å². The van der Waals surface area contributed by atoms with E-state index in [1.54, 1.807) is 53.2 Å². The summed E-state index contributed by atoms with van der Waals surface area (Å²) in [6.45, 7) is 3.58. The van der Waals surface area contributed by atoms with E-state index in [0.717, 1.165) is 42.8 Å². The summed E-state index contributed by atoms with van der Waals surface area (Å²) in [5.41, 5.74) is 6.82. The highest BCUT2D eigenvalue weighted by atomic mass is 35.5. The maximum absolute atomic E-state index is 13.1. The molecular weight excluding hydrogens is 587 g/mol. The van der Waals surface area contributed by atoms with Crippen molar-refractivity contribution in [3.8, 4) is 16.9 Å². The number of hydrazine groups is 1. The highest BCUT2D eigenvalue weighted by Crippen LogP contribution is 2.33. The molecule has 1 aliphatic heterocycles. The fraction of sp³-hybridized carbons (Fsp3) is 0.233. The highest BCUT2D eigenvalue weighted by molar-refractivity contribution is 6.35. The third kappa shape index (κ3) is 7.67. The van der Waals surface area contributed by atoms with Crippen LogP contribution in [0.2, 0.25) is 15.1 Å². The predicted octanol–water partition coefficient (Wildman–Crippen LogP) is 6.74. The molecule has 1 aromatic heterocycles. The fourth-order valence-electron chi connectivity index (χ4n) is 4.47. The van der Waals surface area contributed by atoms with E-state index in [2.05, 4.69) is 10.5 Å². The van der Waals surface area contributed by atoms with Gasteiger partial charge < -0.3 is 10.2 Å². The van der Waals surface area contributed by atoms with Gasteiger partial charge in [-0.2, -0.15) is 5.10 Å².